The number of aromatic nitrogens is 2. The number of nitrogens with zero attached hydrogens (tertiary/aromatic N) is 2. The van der Waals surface area contributed by atoms with E-state index in [9.17, 15) is 4.79 Å². The lowest BCUT2D eigenvalue weighted by atomic mass is 9.93. The highest BCUT2D eigenvalue weighted by molar-refractivity contribution is 5.94. The van der Waals surface area contributed by atoms with Crippen molar-refractivity contribution in [1.82, 2.24) is 9.55 Å². The predicted molar refractivity (Wildman–Crippen MR) is 129 cm³/mol. The van der Waals surface area contributed by atoms with E-state index in [2.05, 4.69) is 23.7 Å². The third kappa shape index (κ3) is 4.27. The van der Waals surface area contributed by atoms with E-state index in [-0.39, 0.29) is 5.97 Å². The highest BCUT2D eigenvalue weighted by Gasteiger charge is 2.36. The molecule has 0 spiro atoms. The molecule has 3 aromatic rings. The number of hydrogen-bond acceptors (Lipinski definition) is 6. The molecule has 7 heteroatoms. The molecule has 0 bridgehead atoms. The number of carbonyl (C=O) groups is 1. The molecule has 7 nitrogen and oxygen atoms in total. The van der Waals surface area contributed by atoms with E-state index in [1.54, 1.807) is 7.11 Å². The van der Waals surface area contributed by atoms with Gasteiger partial charge in [0.25, 0.3) is 0 Å². The zero-order chi connectivity index (χ0) is 23.4. The molecule has 1 aromatic heterocycles. The molecule has 2 aromatic carbocycles. The van der Waals surface area contributed by atoms with Gasteiger partial charge in [-0.05, 0) is 49.6 Å². The SMILES string of the molecule is CCCOc1ccc(C2C(C(=O)OCC)=C(CCC)Nc3nc4ccccc4n32)cc1OC. The lowest BCUT2D eigenvalue weighted by molar-refractivity contribution is -0.139. The van der Waals surface area contributed by atoms with Crippen molar-refractivity contribution in [1.29, 1.82) is 0 Å². The number of carbonyl (C=O) groups excluding carboxylic acids is 1. The number of ether oxygens (including phenoxy) is 3. The van der Waals surface area contributed by atoms with Crippen LogP contribution in [0.3, 0.4) is 0 Å². The smallest absolute Gasteiger partial charge is 0.338 e. The summed E-state index contributed by atoms with van der Waals surface area (Å²) in [6.45, 7) is 6.89. The van der Waals surface area contributed by atoms with Crippen LogP contribution in [0.1, 0.15) is 51.6 Å². The number of hydrogen-bond donors (Lipinski definition) is 1. The maximum absolute atomic E-state index is 13.3. The first-order valence-electron chi connectivity index (χ1n) is 11.6. The number of para-hydroxylation sites is 2. The molecule has 1 aliphatic heterocycles. The van der Waals surface area contributed by atoms with Crippen LogP contribution in [0.5, 0.6) is 11.5 Å². The van der Waals surface area contributed by atoms with Crippen molar-refractivity contribution >= 4 is 23.0 Å². The molecule has 4 rings (SSSR count). The van der Waals surface area contributed by atoms with Crippen LogP contribution in [0.25, 0.3) is 11.0 Å². The highest BCUT2D eigenvalue weighted by atomic mass is 16.5. The van der Waals surface area contributed by atoms with Crippen LogP contribution in [0.2, 0.25) is 0 Å². The van der Waals surface area contributed by atoms with E-state index in [1.165, 1.54) is 0 Å². The van der Waals surface area contributed by atoms with Gasteiger partial charge in [0.15, 0.2) is 11.5 Å². The van der Waals surface area contributed by atoms with Gasteiger partial charge in [0, 0.05) is 5.70 Å². The fourth-order valence-electron chi connectivity index (χ4n) is 4.28. The zero-order valence-corrected chi connectivity index (χ0v) is 19.7. The number of rotatable bonds is 9. The van der Waals surface area contributed by atoms with Crippen molar-refractivity contribution < 1.29 is 19.0 Å². The number of allylic oxidation sites excluding steroid dienone is 1. The average Bonchev–Trinajstić information content (AvgIpc) is 3.20. The summed E-state index contributed by atoms with van der Waals surface area (Å²) in [5.74, 6) is 1.70. The van der Waals surface area contributed by atoms with Gasteiger partial charge in [-0.2, -0.15) is 0 Å². The molecule has 0 saturated carbocycles. The van der Waals surface area contributed by atoms with Crippen LogP contribution in [0, 0.1) is 0 Å². The van der Waals surface area contributed by atoms with Crippen molar-refractivity contribution in [2.75, 3.05) is 25.6 Å². The van der Waals surface area contributed by atoms with Gasteiger partial charge in [0.2, 0.25) is 5.95 Å². The Kier molecular flexibility index (Phi) is 6.87. The van der Waals surface area contributed by atoms with Crippen molar-refractivity contribution in [3.8, 4) is 11.5 Å². The number of anilines is 1. The van der Waals surface area contributed by atoms with Gasteiger partial charge in [-0.1, -0.05) is 38.5 Å². The Morgan fingerprint density at radius 3 is 2.64 bits per heavy atom. The van der Waals surface area contributed by atoms with E-state index in [0.29, 0.717) is 42.7 Å². The predicted octanol–water partition coefficient (Wildman–Crippen LogP) is 5.47. The first-order valence-corrected chi connectivity index (χ1v) is 11.6. The third-order valence-electron chi connectivity index (χ3n) is 5.68. The van der Waals surface area contributed by atoms with E-state index in [0.717, 1.165) is 35.1 Å². The van der Waals surface area contributed by atoms with E-state index in [1.807, 2.05) is 49.4 Å². The molecule has 1 atom stereocenters. The van der Waals surface area contributed by atoms with Crippen molar-refractivity contribution in [3.05, 3.63) is 59.3 Å². The van der Waals surface area contributed by atoms with E-state index in [4.69, 9.17) is 19.2 Å². The molecule has 1 unspecified atom stereocenters. The van der Waals surface area contributed by atoms with Crippen LogP contribution in [0.4, 0.5) is 5.95 Å². The third-order valence-corrected chi connectivity index (χ3v) is 5.68. The zero-order valence-electron chi connectivity index (χ0n) is 19.7. The molecular formula is C26H31N3O4. The van der Waals surface area contributed by atoms with E-state index < -0.39 is 6.04 Å². The van der Waals surface area contributed by atoms with Crippen molar-refractivity contribution in [2.24, 2.45) is 0 Å². The fourth-order valence-corrected chi connectivity index (χ4v) is 4.28. The lowest BCUT2D eigenvalue weighted by Crippen LogP contribution is -2.29. The van der Waals surface area contributed by atoms with Crippen molar-refractivity contribution in [2.45, 2.75) is 46.1 Å². The van der Waals surface area contributed by atoms with Gasteiger partial charge in [0.1, 0.15) is 0 Å². The minimum Gasteiger partial charge on any atom is -0.493 e. The van der Waals surface area contributed by atoms with Gasteiger partial charge >= 0.3 is 5.97 Å². The van der Waals surface area contributed by atoms with Gasteiger partial charge in [-0.15, -0.1) is 0 Å². The Labute approximate surface area is 194 Å². The standard InChI is InChI=1S/C26H31N3O4/c1-5-10-19-23(25(30)32-7-3)24(17-13-14-21(33-15-6-2)22(16-17)31-4)29-20-12-9-8-11-18(20)27-26(29)28-19/h8-9,11-14,16,24H,5-7,10,15H2,1-4H3,(H,27,28). The van der Waals surface area contributed by atoms with Crippen LogP contribution < -0.4 is 14.8 Å². The van der Waals surface area contributed by atoms with Gasteiger partial charge in [-0.25, -0.2) is 9.78 Å². The van der Waals surface area contributed by atoms with Gasteiger partial charge in [0.05, 0.1) is 43.0 Å². The number of esters is 1. The maximum Gasteiger partial charge on any atom is 0.338 e. The summed E-state index contributed by atoms with van der Waals surface area (Å²) in [5.41, 5.74) is 4.14. The van der Waals surface area contributed by atoms with Crippen molar-refractivity contribution in [3.63, 3.8) is 0 Å². The second-order valence-electron chi connectivity index (χ2n) is 7.94. The minimum absolute atomic E-state index is 0.305. The normalized spacial score (nSPS) is 15.2. The molecule has 174 valence electrons. The minimum atomic E-state index is -0.414. The van der Waals surface area contributed by atoms with Crippen LogP contribution in [0.15, 0.2) is 53.7 Å². The molecule has 1 aliphatic rings. The summed E-state index contributed by atoms with van der Waals surface area (Å²) in [4.78, 5) is 18.1. The summed E-state index contributed by atoms with van der Waals surface area (Å²) in [6, 6.07) is 13.4. The first-order chi connectivity index (χ1) is 16.1. The monoisotopic (exact) mass is 449 g/mol. The maximum atomic E-state index is 13.3. The number of methoxy groups -OCH3 is 1. The average molecular weight is 450 g/mol. The van der Waals surface area contributed by atoms with Crippen LogP contribution in [-0.4, -0.2) is 35.8 Å². The van der Waals surface area contributed by atoms with Crippen LogP contribution in [-0.2, 0) is 9.53 Å². The molecule has 0 amide bonds. The number of imidazole rings is 1. The summed E-state index contributed by atoms with van der Waals surface area (Å²) in [5, 5.41) is 3.42. The summed E-state index contributed by atoms with van der Waals surface area (Å²) < 4.78 is 19.1. The second-order valence-corrected chi connectivity index (χ2v) is 7.94. The Morgan fingerprint density at radius 1 is 1.09 bits per heavy atom. The second kappa shape index (κ2) is 9.98. The number of benzene rings is 2. The molecule has 2 heterocycles. The molecule has 0 fully saturated rings. The lowest BCUT2D eigenvalue weighted by Gasteiger charge is -2.31. The molecule has 33 heavy (non-hydrogen) atoms. The first kappa shape index (κ1) is 22.7. The van der Waals surface area contributed by atoms with Gasteiger partial charge in [-0.3, -0.25) is 4.57 Å². The Bertz CT molecular complexity index is 1180. The molecule has 0 saturated heterocycles. The summed E-state index contributed by atoms with van der Waals surface area (Å²) in [6.07, 6.45) is 2.49. The number of nitrogens with one attached hydrogen (secondary N) is 1. The quantitative estimate of drug-likeness (QED) is 0.437. The Hall–Kier alpha value is -3.48. The topological polar surface area (TPSA) is 74.6 Å². The summed E-state index contributed by atoms with van der Waals surface area (Å²) >= 11 is 0. The molecular weight excluding hydrogens is 418 g/mol. The largest absolute Gasteiger partial charge is 0.493 e. The Morgan fingerprint density at radius 2 is 1.91 bits per heavy atom. The fraction of sp³-hybridized carbons (Fsp3) is 0.385. The summed E-state index contributed by atoms with van der Waals surface area (Å²) in [7, 11) is 1.63. The Balaban J connectivity index is 1.94. The van der Waals surface area contributed by atoms with Gasteiger partial charge < -0.3 is 19.5 Å². The van der Waals surface area contributed by atoms with E-state index >= 15 is 0 Å². The van der Waals surface area contributed by atoms with Crippen LogP contribution >= 0.6 is 0 Å². The molecule has 0 aliphatic carbocycles. The highest BCUT2D eigenvalue weighted by Crippen LogP contribution is 2.42. The number of fused-ring (bicyclic) bond motifs is 3. The molecule has 1 N–H and O–H groups in total. The molecule has 0 radical (unpaired) electrons.